The van der Waals surface area contributed by atoms with Crippen molar-refractivity contribution in [3.8, 4) is 11.5 Å². The molecule has 1 aromatic carbocycles. The number of urea groups is 1. The Balaban J connectivity index is 1.40. The zero-order valence-electron chi connectivity index (χ0n) is 18.6. The fourth-order valence-electron chi connectivity index (χ4n) is 4.46. The van der Waals surface area contributed by atoms with Gasteiger partial charge in [0.05, 0.1) is 12.6 Å². The second-order valence-electron chi connectivity index (χ2n) is 8.47. The summed E-state index contributed by atoms with van der Waals surface area (Å²) in [6.07, 6.45) is 3.81. The third-order valence-corrected chi connectivity index (χ3v) is 6.29. The van der Waals surface area contributed by atoms with Gasteiger partial charge in [-0.05, 0) is 62.1 Å². The predicted molar refractivity (Wildman–Crippen MR) is 118 cm³/mol. The number of aromatic nitrogens is 1. The number of barbiturate groups is 1. The fraction of sp³-hybridized carbons (Fsp3) is 0.375. The molecule has 9 heteroatoms. The molecule has 1 N–H and O–H groups in total. The summed E-state index contributed by atoms with van der Waals surface area (Å²) >= 11 is 0. The molecule has 2 fully saturated rings. The number of hydrogen-bond acceptors (Lipinski definition) is 6. The highest BCUT2D eigenvalue weighted by atomic mass is 16.7. The van der Waals surface area contributed by atoms with Crippen LogP contribution >= 0.6 is 0 Å². The SMILES string of the molecule is Cc1cc(/C=C2\C(=O)NC(=O)N(Cc3ccc4c(c3)OCO4)C2=O)c(C)n1C[C@@H]1CCCO1. The van der Waals surface area contributed by atoms with Gasteiger partial charge < -0.3 is 18.8 Å². The second-order valence-corrected chi connectivity index (χ2v) is 8.47. The van der Waals surface area contributed by atoms with Gasteiger partial charge in [-0.25, -0.2) is 4.79 Å². The maximum atomic E-state index is 13.2. The number of amides is 4. The van der Waals surface area contributed by atoms with E-state index >= 15 is 0 Å². The highest BCUT2D eigenvalue weighted by Gasteiger charge is 2.36. The normalized spacial score (nSPS) is 21.3. The van der Waals surface area contributed by atoms with Crippen LogP contribution in [0, 0.1) is 13.8 Å². The monoisotopic (exact) mass is 451 g/mol. The van der Waals surface area contributed by atoms with Crippen molar-refractivity contribution in [2.75, 3.05) is 13.4 Å². The lowest BCUT2D eigenvalue weighted by atomic mass is 10.1. The van der Waals surface area contributed by atoms with Crippen LogP contribution in [0.25, 0.3) is 6.08 Å². The number of ether oxygens (including phenoxy) is 3. The third kappa shape index (κ3) is 4.00. The summed E-state index contributed by atoms with van der Waals surface area (Å²) in [6, 6.07) is 6.41. The Bertz CT molecular complexity index is 1180. The Morgan fingerprint density at radius 3 is 2.73 bits per heavy atom. The average molecular weight is 451 g/mol. The first kappa shape index (κ1) is 21.3. The molecule has 2 saturated heterocycles. The number of rotatable bonds is 5. The molecular formula is C24H25N3O6. The molecule has 33 heavy (non-hydrogen) atoms. The quantitative estimate of drug-likeness (QED) is 0.554. The Hall–Kier alpha value is -3.59. The number of aryl methyl sites for hydroxylation is 1. The first-order valence-electron chi connectivity index (χ1n) is 11.0. The molecule has 0 aliphatic carbocycles. The maximum Gasteiger partial charge on any atom is 0.331 e. The van der Waals surface area contributed by atoms with Gasteiger partial charge in [0.15, 0.2) is 11.5 Å². The molecule has 0 saturated carbocycles. The van der Waals surface area contributed by atoms with E-state index in [1.807, 2.05) is 19.9 Å². The lowest BCUT2D eigenvalue weighted by Gasteiger charge is -2.26. The summed E-state index contributed by atoms with van der Waals surface area (Å²) in [5.41, 5.74) is 3.34. The van der Waals surface area contributed by atoms with Crippen LogP contribution in [0.15, 0.2) is 29.8 Å². The number of nitrogens with zero attached hydrogens (tertiary/aromatic N) is 2. The highest BCUT2D eigenvalue weighted by molar-refractivity contribution is 6.31. The topological polar surface area (TPSA) is 99.1 Å². The highest BCUT2D eigenvalue weighted by Crippen LogP contribution is 2.33. The van der Waals surface area contributed by atoms with Crippen molar-refractivity contribution < 1.29 is 28.6 Å². The van der Waals surface area contributed by atoms with Gasteiger partial charge in [-0.1, -0.05) is 6.07 Å². The van der Waals surface area contributed by atoms with Crippen molar-refractivity contribution >= 4 is 23.9 Å². The van der Waals surface area contributed by atoms with Crippen molar-refractivity contribution in [2.45, 2.75) is 45.9 Å². The van der Waals surface area contributed by atoms with Crippen LogP contribution in [0.2, 0.25) is 0 Å². The number of carbonyl (C=O) groups is 3. The third-order valence-electron chi connectivity index (χ3n) is 6.29. The summed E-state index contributed by atoms with van der Waals surface area (Å²) in [5.74, 6) is -0.161. The van der Waals surface area contributed by atoms with Gasteiger partial charge in [-0.3, -0.25) is 19.8 Å². The number of nitrogens with one attached hydrogen (secondary N) is 1. The molecule has 0 radical (unpaired) electrons. The van der Waals surface area contributed by atoms with Gasteiger partial charge in [0.2, 0.25) is 6.79 Å². The van der Waals surface area contributed by atoms with Crippen molar-refractivity contribution in [3.05, 3.63) is 52.4 Å². The molecule has 0 bridgehead atoms. The molecule has 1 aromatic heterocycles. The van der Waals surface area contributed by atoms with E-state index in [2.05, 4.69) is 9.88 Å². The molecule has 9 nitrogen and oxygen atoms in total. The lowest BCUT2D eigenvalue weighted by Crippen LogP contribution is -2.53. The van der Waals surface area contributed by atoms with E-state index in [4.69, 9.17) is 14.2 Å². The van der Waals surface area contributed by atoms with Gasteiger partial charge in [0, 0.05) is 24.5 Å². The van der Waals surface area contributed by atoms with Crippen LogP contribution in [0.4, 0.5) is 4.79 Å². The van der Waals surface area contributed by atoms with Crippen molar-refractivity contribution in [1.29, 1.82) is 0 Å². The Morgan fingerprint density at radius 2 is 1.94 bits per heavy atom. The molecule has 4 heterocycles. The van der Waals surface area contributed by atoms with Crippen LogP contribution < -0.4 is 14.8 Å². The minimum absolute atomic E-state index is 0.00394. The summed E-state index contributed by atoms with van der Waals surface area (Å²) < 4.78 is 18.6. The largest absolute Gasteiger partial charge is 0.454 e. The molecule has 2 aromatic rings. The van der Waals surface area contributed by atoms with Gasteiger partial charge in [0.1, 0.15) is 5.57 Å². The van der Waals surface area contributed by atoms with Crippen LogP contribution in [0.3, 0.4) is 0 Å². The summed E-state index contributed by atoms with van der Waals surface area (Å²) in [7, 11) is 0. The summed E-state index contributed by atoms with van der Waals surface area (Å²) in [4.78, 5) is 39.2. The summed E-state index contributed by atoms with van der Waals surface area (Å²) in [5, 5.41) is 2.28. The minimum atomic E-state index is -0.747. The average Bonchev–Trinajstić information content (AvgIpc) is 3.52. The van der Waals surface area contributed by atoms with Crippen LogP contribution in [0.5, 0.6) is 11.5 Å². The Labute approximate surface area is 190 Å². The second kappa shape index (κ2) is 8.40. The van der Waals surface area contributed by atoms with Crippen molar-refractivity contribution in [3.63, 3.8) is 0 Å². The number of benzene rings is 1. The van der Waals surface area contributed by atoms with Gasteiger partial charge in [-0.15, -0.1) is 0 Å². The van der Waals surface area contributed by atoms with E-state index in [0.717, 1.165) is 47.8 Å². The fourth-order valence-corrected chi connectivity index (χ4v) is 4.46. The first-order valence-corrected chi connectivity index (χ1v) is 11.0. The molecule has 1 atom stereocenters. The van der Waals surface area contributed by atoms with Crippen molar-refractivity contribution in [2.24, 2.45) is 0 Å². The van der Waals surface area contributed by atoms with Crippen LogP contribution in [0.1, 0.15) is 35.4 Å². The zero-order chi connectivity index (χ0) is 23.1. The molecular weight excluding hydrogens is 426 g/mol. The van der Waals surface area contributed by atoms with Gasteiger partial charge >= 0.3 is 6.03 Å². The zero-order valence-corrected chi connectivity index (χ0v) is 18.6. The van der Waals surface area contributed by atoms with E-state index < -0.39 is 17.8 Å². The molecule has 0 unspecified atom stereocenters. The molecule has 172 valence electrons. The number of hydrogen-bond donors (Lipinski definition) is 1. The van der Waals surface area contributed by atoms with E-state index in [1.54, 1.807) is 24.3 Å². The standard InChI is InChI=1S/C24H25N3O6/c1-14-8-17(15(2)26(14)12-18-4-3-7-31-18)10-19-22(28)25-24(30)27(23(19)29)11-16-5-6-20-21(9-16)33-13-32-20/h5-6,8-10,18H,3-4,7,11-13H2,1-2H3,(H,25,28,30)/b19-10+/t18-/m0/s1. The van der Waals surface area contributed by atoms with E-state index in [1.165, 1.54) is 0 Å². The van der Waals surface area contributed by atoms with Gasteiger partial charge in [-0.2, -0.15) is 0 Å². The minimum Gasteiger partial charge on any atom is -0.454 e. The van der Waals surface area contributed by atoms with Gasteiger partial charge in [0.25, 0.3) is 11.8 Å². The molecule has 4 amide bonds. The predicted octanol–water partition coefficient (Wildman–Crippen LogP) is 2.67. The first-order chi connectivity index (χ1) is 15.9. The number of carbonyl (C=O) groups excluding carboxylic acids is 3. The van der Waals surface area contributed by atoms with E-state index in [0.29, 0.717) is 17.1 Å². The number of fused-ring (bicyclic) bond motifs is 1. The van der Waals surface area contributed by atoms with E-state index in [-0.39, 0.29) is 25.0 Å². The van der Waals surface area contributed by atoms with Crippen LogP contribution in [-0.4, -0.2) is 46.8 Å². The molecule has 3 aliphatic heterocycles. The molecule has 5 rings (SSSR count). The molecule has 3 aliphatic rings. The Morgan fingerprint density at radius 1 is 1.12 bits per heavy atom. The molecule has 0 spiro atoms. The van der Waals surface area contributed by atoms with Crippen molar-refractivity contribution in [1.82, 2.24) is 14.8 Å². The van der Waals surface area contributed by atoms with E-state index in [9.17, 15) is 14.4 Å². The van der Waals surface area contributed by atoms with Crippen LogP contribution in [-0.2, 0) is 27.4 Å². The lowest BCUT2D eigenvalue weighted by molar-refractivity contribution is -0.130. The number of imide groups is 2. The summed E-state index contributed by atoms with van der Waals surface area (Å²) in [6.45, 7) is 5.59. The smallest absolute Gasteiger partial charge is 0.331 e. The maximum absolute atomic E-state index is 13.2. The Kier molecular flexibility index (Phi) is 5.41.